The van der Waals surface area contributed by atoms with E-state index in [1.54, 1.807) is 19.1 Å². The van der Waals surface area contributed by atoms with E-state index in [-0.39, 0.29) is 30.0 Å². The molecule has 1 unspecified atom stereocenters. The summed E-state index contributed by atoms with van der Waals surface area (Å²) in [7, 11) is -3.06. The lowest BCUT2D eigenvalue weighted by atomic mass is 10.1. The highest BCUT2D eigenvalue weighted by Crippen LogP contribution is 2.21. The van der Waals surface area contributed by atoms with Crippen LogP contribution in [0.1, 0.15) is 32.4 Å². The van der Waals surface area contributed by atoms with E-state index < -0.39 is 9.84 Å². The summed E-state index contributed by atoms with van der Waals surface area (Å²) in [5, 5.41) is 3.13. The van der Waals surface area contributed by atoms with Crippen LogP contribution in [0.5, 0.6) is 5.75 Å². The van der Waals surface area contributed by atoms with E-state index in [0.717, 1.165) is 6.54 Å². The molecule has 114 valence electrons. The Labute approximate surface area is 120 Å². The number of hydrogen-bond donors (Lipinski definition) is 1. The van der Waals surface area contributed by atoms with Gasteiger partial charge in [-0.3, -0.25) is 0 Å². The normalized spacial score (nSPS) is 13.2. The molecule has 1 aromatic rings. The van der Waals surface area contributed by atoms with E-state index in [0.29, 0.717) is 11.3 Å². The molecular formula is C14H22FNO3S. The summed E-state index contributed by atoms with van der Waals surface area (Å²) in [4.78, 5) is 0. The molecule has 0 aliphatic rings. The van der Waals surface area contributed by atoms with Crippen molar-refractivity contribution in [3.63, 3.8) is 0 Å². The first-order valence-electron chi connectivity index (χ1n) is 6.75. The SMILES string of the molecule is CCNC(C)c1ccc(OCCS(=O)(=O)CC)cc1F. The van der Waals surface area contributed by atoms with Crippen molar-refractivity contribution in [2.24, 2.45) is 0 Å². The first-order chi connectivity index (χ1) is 9.39. The van der Waals surface area contributed by atoms with Crippen molar-refractivity contribution in [1.29, 1.82) is 0 Å². The average molecular weight is 303 g/mol. The number of hydrogen-bond acceptors (Lipinski definition) is 4. The number of benzene rings is 1. The fraction of sp³-hybridized carbons (Fsp3) is 0.571. The number of sulfone groups is 1. The highest BCUT2D eigenvalue weighted by molar-refractivity contribution is 7.91. The first-order valence-corrected chi connectivity index (χ1v) is 8.57. The smallest absolute Gasteiger partial charge is 0.153 e. The molecule has 1 aromatic carbocycles. The van der Waals surface area contributed by atoms with E-state index in [2.05, 4.69) is 5.32 Å². The predicted molar refractivity (Wildman–Crippen MR) is 78.3 cm³/mol. The minimum atomic E-state index is -3.06. The molecule has 0 saturated heterocycles. The number of ether oxygens (including phenoxy) is 1. The maximum Gasteiger partial charge on any atom is 0.153 e. The molecule has 0 fully saturated rings. The van der Waals surface area contributed by atoms with Gasteiger partial charge in [-0.25, -0.2) is 12.8 Å². The van der Waals surface area contributed by atoms with Crippen LogP contribution in [-0.2, 0) is 9.84 Å². The minimum absolute atomic E-state index is 0.0394. The van der Waals surface area contributed by atoms with Crippen molar-refractivity contribution in [3.8, 4) is 5.75 Å². The van der Waals surface area contributed by atoms with Crippen LogP contribution in [0.2, 0.25) is 0 Å². The third-order valence-electron chi connectivity index (χ3n) is 3.05. The van der Waals surface area contributed by atoms with Crippen molar-refractivity contribution in [1.82, 2.24) is 5.32 Å². The van der Waals surface area contributed by atoms with Gasteiger partial charge in [0.15, 0.2) is 9.84 Å². The Balaban J connectivity index is 2.64. The van der Waals surface area contributed by atoms with E-state index in [1.165, 1.54) is 6.07 Å². The minimum Gasteiger partial charge on any atom is -0.492 e. The lowest BCUT2D eigenvalue weighted by molar-refractivity contribution is 0.338. The third kappa shape index (κ3) is 5.09. The Morgan fingerprint density at radius 2 is 2.05 bits per heavy atom. The van der Waals surface area contributed by atoms with Crippen LogP contribution in [0.15, 0.2) is 18.2 Å². The third-order valence-corrected chi connectivity index (χ3v) is 4.72. The van der Waals surface area contributed by atoms with Crippen molar-refractivity contribution in [2.75, 3.05) is 24.7 Å². The Bertz CT molecular complexity index is 531. The lowest BCUT2D eigenvalue weighted by Crippen LogP contribution is -2.19. The zero-order chi connectivity index (χ0) is 15.2. The molecular weight excluding hydrogens is 281 g/mol. The molecule has 0 spiro atoms. The summed E-state index contributed by atoms with van der Waals surface area (Å²) < 4.78 is 41.8. The molecule has 6 heteroatoms. The maximum absolute atomic E-state index is 13.9. The van der Waals surface area contributed by atoms with Crippen LogP contribution in [0, 0.1) is 5.82 Å². The van der Waals surface area contributed by atoms with Crippen molar-refractivity contribution in [2.45, 2.75) is 26.8 Å². The largest absolute Gasteiger partial charge is 0.492 e. The number of halogens is 1. The quantitative estimate of drug-likeness (QED) is 0.800. The van der Waals surface area contributed by atoms with Crippen LogP contribution in [0.4, 0.5) is 4.39 Å². The Morgan fingerprint density at radius 1 is 1.35 bits per heavy atom. The zero-order valence-corrected chi connectivity index (χ0v) is 13.0. The van der Waals surface area contributed by atoms with Gasteiger partial charge >= 0.3 is 0 Å². The number of rotatable bonds is 8. The molecule has 1 N–H and O–H groups in total. The van der Waals surface area contributed by atoms with Gasteiger partial charge in [-0.15, -0.1) is 0 Å². The van der Waals surface area contributed by atoms with Gasteiger partial charge in [0.1, 0.15) is 18.2 Å². The second-order valence-electron chi connectivity index (χ2n) is 4.55. The average Bonchev–Trinajstić information content (AvgIpc) is 2.39. The van der Waals surface area contributed by atoms with Crippen LogP contribution in [0.25, 0.3) is 0 Å². The summed E-state index contributed by atoms with van der Waals surface area (Å²) in [6.45, 7) is 6.23. The summed E-state index contributed by atoms with van der Waals surface area (Å²) in [6, 6.07) is 4.54. The standard InChI is InChI=1S/C14H22FNO3S/c1-4-16-11(3)13-7-6-12(10-14(13)15)19-8-9-20(17,18)5-2/h6-7,10-11,16H,4-5,8-9H2,1-3H3. The molecule has 0 aromatic heterocycles. The molecule has 0 bridgehead atoms. The monoisotopic (exact) mass is 303 g/mol. The van der Waals surface area contributed by atoms with Gasteiger partial charge in [0.2, 0.25) is 0 Å². The van der Waals surface area contributed by atoms with E-state index in [1.807, 2.05) is 13.8 Å². The van der Waals surface area contributed by atoms with Crippen molar-refractivity contribution in [3.05, 3.63) is 29.6 Å². The molecule has 20 heavy (non-hydrogen) atoms. The predicted octanol–water partition coefficient (Wildman–Crippen LogP) is 2.31. The molecule has 1 atom stereocenters. The van der Waals surface area contributed by atoms with Crippen LogP contribution >= 0.6 is 0 Å². The summed E-state index contributed by atoms with van der Waals surface area (Å²) in [5.41, 5.74) is 0.570. The number of nitrogens with one attached hydrogen (secondary N) is 1. The second kappa shape index (κ2) is 7.59. The Morgan fingerprint density at radius 3 is 2.60 bits per heavy atom. The molecule has 4 nitrogen and oxygen atoms in total. The van der Waals surface area contributed by atoms with Crippen LogP contribution < -0.4 is 10.1 Å². The fourth-order valence-corrected chi connectivity index (χ4v) is 2.42. The topological polar surface area (TPSA) is 55.4 Å². The van der Waals surface area contributed by atoms with Gasteiger partial charge in [0.25, 0.3) is 0 Å². The Hall–Kier alpha value is -1.14. The van der Waals surface area contributed by atoms with E-state index in [4.69, 9.17) is 4.74 Å². The molecule has 0 heterocycles. The Kier molecular flexibility index (Phi) is 6.42. The van der Waals surface area contributed by atoms with Crippen molar-refractivity contribution >= 4 is 9.84 Å². The van der Waals surface area contributed by atoms with E-state index >= 15 is 0 Å². The molecule has 0 saturated carbocycles. The molecule has 0 amide bonds. The van der Waals surface area contributed by atoms with Gasteiger partial charge < -0.3 is 10.1 Å². The second-order valence-corrected chi connectivity index (χ2v) is 7.02. The molecule has 1 rings (SSSR count). The van der Waals surface area contributed by atoms with Gasteiger partial charge in [-0.2, -0.15) is 0 Å². The van der Waals surface area contributed by atoms with Crippen LogP contribution in [0.3, 0.4) is 0 Å². The lowest BCUT2D eigenvalue weighted by Gasteiger charge is -2.14. The van der Waals surface area contributed by atoms with E-state index in [9.17, 15) is 12.8 Å². The summed E-state index contributed by atoms with van der Waals surface area (Å²) in [6.07, 6.45) is 0. The van der Waals surface area contributed by atoms with Gasteiger partial charge in [0.05, 0.1) is 5.75 Å². The van der Waals surface area contributed by atoms with Gasteiger partial charge in [-0.1, -0.05) is 19.9 Å². The zero-order valence-electron chi connectivity index (χ0n) is 12.1. The maximum atomic E-state index is 13.9. The molecule has 0 aliphatic carbocycles. The van der Waals surface area contributed by atoms with Crippen LogP contribution in [-0.4, -0.2) is 33.1 Å². The van der Waals surface area contributed by atoms with Gasteiger partial charge in [0, 0.05) is 23.4 Å². The van der Waals surface area contributed by atoms with Crippen molar-refractivity contribution < 1.29 is 17.5 Å². The molecule has 0 radical (unpaired) electrons. The first kappa shape index (κ1) is 16.9. The summed E-state index contributed by atoms with van der Waals surface area (Å²) >= 11 is 0. The summed E-state index contributed by atoms with van der Waals surface area (Å²) in [5.74, 6) is 0.0281. The highest BCUT2D eigenvalue weighted by atomic mass is 32.2. The fourth-order valence-electron chi connectivity index (χ4n) is 1.80. The highest BCUT2D eigenvalue weighted by Gasteiger charge is 2.12. The molecule has 0 aliphatic heterocycles. The van der Waals surface area contributed by atoms with Gasteiger partial charge in [-0.05, 0) is 19.5 Å².